The normalized spacial score (nSPS) is 10.4. The van der Waals surface area contributed by atoms with Gasteiger partial charge >= 0.3 is 5.97 Å². The van der Waals surface area contributed by atoms with Crippen molar-refractivity contribution in [3.05, 3.63) is 49.3 Å². The molecule has 1 amide bonds. The Morgan fingerprint density at radius 2 is 2.04 bits per heavy atom. The van der Waals surface area contributed by atoms with Crippen molar-refractivity contribution in [3.63, 3.8) is 0 Å². The Morgan fingerprint density at radius 1 is 1.30 bits per heavy atom. The van der Waals surface area contributed by atoms with Crippen LogP contribution in [-0.2, 0) is 16.1 Å². The van der Waals surface area contributed by atoms with E-state index in [9.17, 15) is 9.59 Å². The van der Waals surface area contributed by atoms with E-state index in [0.29, 0.717) is 6.54 Å². The zero-order chi connectivity index (χ0) is 17.0. The van der Waals surface area contributed by atoms with E-state index in [1.54, 1.807) is 18.4 Å². The maximum atomic E-state index is 12.0. The Labute approximate surface area is 151 Å². The van der Waals surface area contributed by atoms with Crippen LogP contribution in [0.2, 0.25) is 15.1 Å². The Balaban J connectivity index is 1.93. The highest BCUT2D eigenvalue weighted by molar-refractivity contribution is 7.07. The Kier molecular flexibility index (Phi) is 6.24. The van der Waals surface area contributed by atoms with Crippen LogP contribution in [0, 0.1) is 0 Å². The second-order valence-corrected chi connectivity index (χ2v) is 6.48. The predicted molar refractivity (Wildman–Crippen MR) is 90.3 cm³/mol. The highest BCUT2D eigenvalue weighted by atomic mass is 35.5. The van der Waals surface area contributed by atoms with Gasteiger partial charge in [-0.2, -0.15) is 11.3 Å². The van der Waals surface area contributed by atoms with Gasteiger partial charge < -0.3 is 9.64 Å². The number of esters is 1. The minimum Gasteiger partial charge on any atom is -0.451 e. The fourth-order valence-electron chi connectivity index (χ4n) is 1.64. The van der Waals surface area contributed by atoms with Gasteiger partial charge in [0.15, 0.2) is 12.3 Å². The van der Waals surface area contributed by atoms with E-state index in [2.05, 4.69) is 4.98 Å². The molecule has 0 saturated heterocycles. The summed E-state index contributed by atoms with van der Waals surface area (Å²) in [5.41, 5.74) is 0.820. The molecule has 0 radical (unpaired) electrons. The van der Waals surface area contributed by atoms with E-state index in [4.69, 9.17) is 39.5 Å². The average Bonchev–Trinajstić information content (AvgIpc) is 3.03. The standard InChI is InChI=1S/C14H11Cl3N2O3S/c1-19(5-8-2-3-23-7-8)10(20)6-22-14(21)13-12(17)11(16)9(15)4-18-13/h2-4,7H,5-6H2,1H3. The first-order valence-electron chi connectivity index (χ1n) is 6.31. The van der Waals surface area contributed by atoms with Gasteiger partial charge in [-0.05, 0) is 22.4 Å². The summed E-state index contributed by atoms with van der Waals surface area (Å²) in [6, 6.07) is 1.92. The largest absolute Gasteiger partial charge is 0.451 e. The number of ether oxygens (including phenoxy) is 1. The number of pyridine rings is 1. The fraction of sp³-hybridized carbons (Fsp3) is 0.214. The summed E-state index contributed by atoms with van der Waals surface area (Å²) in [6.45, 7) is 0.0172. The highest BCUT2D eigenvalue weighted by Gasteiger charge is 2.20. The van der Waals surface area contributed by atoms with E-state index in [1.165, 1.54) is 11.1 Å². The molecule has 0 bridgehead atoms. The van der Waals surface area contributed by atoms with E-state index in [1.807, 2.05) is 16.8 Å². The SMILES string of the molecule is CN(Cc1ccsc1)C(=O)COC(=O)c1ncc(Cl)c(Cl)c1Cl. The molecule has 0 aliphatic rings. The molecule has 0 unspecified atom stereocenters. The van der Waals surface area contributed by atoms with Gasteiger partial charge in [0.1, 0.15) is 0 Å². The molecule has 0 aromatic carbocycles. The molecule has 5 nitrogen and oxygen atoms in total. The second kappa shape index (κ2) is 7.97. The maximum Gasteiger partial charge on any atom is 0.359 e. The molecule has 2 rings (SSSR count). The summed E-state index contributed by atoms with van der Waals surface area (Å²) in [7, 11) is 1.62. The van der Waals surface area contributed by atoms with Gasteiger partial charge in [-0.15, -0.1) is 0 Å². The molecule has 0 aliphatic carbocycles. The molecule has 0 saturated carbocycles. The first-order valence-corrected chi connectivity index (χ1v) is 8.39. The minimum absolute atomic E-state index is 0.0104. The number of likely N-dealkylation sites (N-methyl/N-ethyl adjacent to an activating group) is 1. The fourth-order valence-corrected chi connectivity index (χ4v) is 2.85. The molecule has 0 spiro atoms. The maximum absolute atomic E-state index is 12.0. The number of aromatic nitrogens is 1. The van der Waals surface area contributed by atoms with Crippen molar-refractivity contribution < 1.29 is 14.3 Å². The molecule has 2 aromatic heterocycles. The van der Waals surface area contributed by atoms with Gasteiger partial charge in [0.05, 0.1) is 15.1 Å². The van der Waals surface area contributed by atoms with Gasteiger partial charge in [-0.3, -0.25) is 4.79 Å². The van der Waals surface area contributed by atoms with Crippen LogP contribution < -0.4 is 0 Å². The lowest BCUT2D eigenvalue weighted by Gasteiger charge is -2.16. The van der Waals surface area contributed by atoms with Crippen molar-refractivity contribution in [1.82, 2.24) is 9.88 Å². The summed E-state index contributed by atoms with van der Waals surface area (Å²) < 4.78 is 4.93. The number of hydrogen-bond donors (Lipinski definition) is 0. The lowest BCUT2D eigenvalue weighted by atomic mass is 10.3. The molecular weight excluding hydrogens is 383 g/mol. The van der Waals surface area contributed by atoms with Crippen molar-refractivity contribution in [3.8, 4) is 0 Å². The summed E-state index contributed by atoms with van der Waals surface area (Å²) in [4.78, 5) is 29.1. The van der Waals surface area contributed by atoms with E-state index < -0.39 is 12.6 Å². The van der Waals surface area contributed by atoms with Crippen molar-refractivity contribution in [2.45, 2.75) is 6.54 Å². The third-order valence-corrected chi connectivity index (χ3v) is 4.84. The lowest BCUT2D eigenvalue weighted by Crippen LogP contribution is -2.30. The molecule has 2 heterocycles. The summed E-state index contributed by atoms with van der Waals surface area (Å²) in [6.07, 6.45) is 1.19. The number of halogens is 3. The number of carbonyl (C=O) groups is 2. The van der Waals surface area contributed by atoms with Crippen LogP contribution >= 0.6 is 46.1 Å². The third-order valence-electron chi connectivity index (χ3n) is 2.86. The lowest BCUT2D eigenvalue weighted by molar-refractivity contribution is -0.133. The van der Waals surface area contributed by atoms with Crippen LogP contribution in [-0.4, -0.2) is 35.4 Å². The number of carbonyl (C=O) groups excluding carboxylic acids is 2. The number of nitrogens with zero attached hydrogens (tertiary/aromatic N) is 2. The monoisotopic (exact) mass is 392 g/mol. The third kappa shape index (κ3) is 4.57. The van der Waals surface area contributed by atoms with E-state index in [-0.39, 0.29) is 26.7 Å². The number of amides is 1. The quantitative estimate of drug-likeness (QED) is 0.722. The molecule has 0 atom stereocenters. The molecule has 9 heteroatoms. The van der Waals surface area contributed by atoms with Crippen LogP contribution in [0.25, 0.3) is 0 Å². The average molecular weight is 394 g/mol. The molecule has 122 valence electrons. The smallest absolute Gasteiger partial charge is 0.359 e. The summed E-state index contributed by atoms with van der Waals surface area (Å²) in [5, 5.41) is 3.89. The van der Waals surface area contributed by atoms with Gasteiger partial charge in [-0.25, -0.2) is 9.78 Å². The summed E-state index contributed by atoms with van der Waals surface area (Å²) in [5.74, 6) is -1.19. The Morgan fingerprint density at radius 3 is 2.70 bits per heavy atom. The first kappa shape index (κ1) is 18.0. The Hall–Kier alpha value is -1.34. The Bertz CT molecular complexity index is 722. The predicted octanol–water partition coefficient (Wildman–Crippen LogP) is 3.92. The summed E-state index contributed by atoms with van der Waals surface area (Å²) >= 11 is 19.0. The van der Waals surface area contributed by atoms with Crippen LogP contribution in [0.15, 0.2) is 23.0 Å². The molecule has 23 heavy (non-hydrogen) atoms. The van der Waals surface area contributed by atoms with Crippen LogP contribution in [0.4, 0.5) is 0 Å². The van der Waals surface area contributed by atoms with Gasteiger partial charge in [0, 0.05) is 19.8 Å². The highest BCUT2D eigenvalue weighted by Crippen LogP contribution is 2.31. The van der Waals surface area contributed by atoms with Crippen molar-refractivity contribution in [2.75, 3.05) is 13.7 Å². The molecule has 0 aliphatic heterocycles. The number of hydrogen-bond acceptors (Lipinski definition) is 5. The van der Waals surface area contributed by atoms with Crippen molar-refractivity contribution >= 4 is 58.0 Å². The van der Waals surface area contributed by atoms with Crippen LogP contribution in [0.1, 0.15) is 16.1 Å². The number of rotatable bonds is 5. The molecule has 0 N–H and O–H groups in total. The van der Waals surface area contributed by atoms with Crippen molar-refractivity contribution in [2.24, 2.45) is 0 Å². The first-order chi connectivity index (χ1) is 10.9. The van der Waals surface area contributed by atoms with E-state index >= 15 is 0 Å². The number of thiophene rings is 1. The minimum atomic E-state index is -0.842. The van der Waals surface area contributed by atoms with Crippen LogP contribution in [0.5, 0.6) is 0 Å². The topological polar surface area (TPSA) is 59.5 Å². The van der Waals surface area contributed by atoms with Gasteiger partial charge in [-0.1, -0.05) is 34.8 Å². The van der Waals surface area contributed by atoms with Crippen molar-refractivity contribution in [1.29, 1.82) is 0 Å². The second-order valence-electron chi connectivity index (χ2n) is 4.54. The zero-order valence-electron chi connectivity index (χ0n) is 11.9. The van der Waals surface area contributed by atoms with Gasteiger partial charge in [0.25, 0.3) is 5.91 Å². The zero-order valence-corrected chi connectivity index (χ0v) is 15.0. The van der Waals surface area contributed by atoms with E-state index in [0.717, 1.165) is 5.56 Å². The van der Waals surface area contributed by atoms with Crippen LogP contribution in [0.3, 0.4) is 0 Å². The molecular formula is C14H11Cl3N2O3S. The molecule has 0 fully saturated rings. The van der Waals surface area contributed by atoms with Gasteiger partial charge in [0.2, 0.25) is 0 Å². The molecule has 2 aromatic rings.